The van der Waals surface area contributed by atoms with Crippen LogP contribution in [0.4, 0.5) is 22.0 Å². The molecule has 0 aliphatic heterocycles. The van der Waals surface area contributed by atoms with Gasteiger partial charge in [-0.25, -0.2) is 13.8 Å². The third-order valence-electron chi connectivity index (χ3n) is 1.73. The maximum atomic E-state index is 12.5. The highest BCUT2D eigenvalue weighted by molar-refractivity contribution is 9.08. The zero-order valence-electron chi connectivity index (χ0n) is 7.93. The van der Waals surface area contributed by atoms with Crippen LogP contribution in [0.15, 0.2) is 6.20 Å². The van der Waals surface area contributed by atoms with Crippen LogP contribution in [-0.4, -0.2) is 16.5 Å². The number of pyridine rings is 1. The molecule has 0 saturated heterocycles. The summed E-state index contributed by atoms with van der Waals surface area (Å²) in [6.45, 7) is 0. The Kier molecular flexibility index (Phi) is 4.12. The fourth-order valence-electron chi connectivity index (χ4n) is 1.11. The topological polar surface area (TPSA) is 42.4 Å². The van der Waals surface area contributed by atoms with Gasteiger partial charge < -0.3 is 9.84 Å². The van der Waals surface area contributed by atoms with Crippen molar-refractivity contribution in [3.8, 4) is 11.6 Å². The molecule has 17 heavy (non-hydrogen) atoms. The Morgan fingerprint density at radius 1 is 1.41 bits per heavy atom. The van der Waals surface area contributed by atoms with Gasteiger partial charge in [0.15, 0.2) is 0 Å². The molecule has 1 rings (SSSR count). The van der Waals surface area contributed by atoms with Crippen molar-refractivity contribution in [1.29, 1.82) is 0 Å². The SMILES string of the molecule is Oc1cnc(OC(F)(F)F)c(CBr)c1C(F)F. The molecule has 0 aliphatic carbocycles. The first-order valence-corrected chi connectivity index (χ1v) is 5.19. The number of aromatic nitrogens is 1. The second kappa shape index (κ2) is 5.03. The lowest BCUT2D eigenvalue weighted by Gasteiger charge is -2.14. The molecule has 1 heterocycles. The van der Waals surface area contributed by atoms with Crippen LogP contribution in [0, 0.1) is 0 Å². The Morgan fingerprint density at radius 2 is 2.00 bits per heavy atom. The number of alkyl halides is 6. The molecule has 0 unspecified atom stereocenters. The largest absolute Gasteiger partial charge is 0.574 e. The zero-order valence-corrected chi connectivity index (χ0v) is 9.52. The number of rotatable bonds is 3. The lowest BCUT2D eigenvalue weighted by atomic mass is 10.1. The van der Waals surface area contributed by atoms with Gasteiger partial charge in [-0.2, -0.15) is 0 Å². The molecule has 3 nitrogen and oxygen atoms in total. The summed E-state index contributed by atoms with van der Waals surface area (Å²) in [5.41, 5.74) is -1.48. The van der Waals surface area contributed by atoms with Crippen LogP contribution in [0.25, 0.3) is 0 Å². The first-order chi connectivity index (χ1) is 7.76. The Labute approximate surface area is 100 Å². The molecule has 0 saturated carbocycles. The van der Waals surface area contributed by atoms with Crippen molar-refractivity contribution in [2.24, 2.45) is 0 Å². The fourth-order valence-corrected chi connectivity index (χ4v) is 1.65. The minimum Gasteiger partial charge on any atom is -0.506 e. The van der Waals surface area contributed by atoms with Crippen LogP contribution < -0.4 is 4.74 Å². The molecule has 1 aromatic heterocycles. The Balaban J connectivity index is 3.28. The molecule has 1 N–H and O–H groups in total. The normalized spacial score (nSPS) is 11.9. The van der Waals surface area contributed by atoms with Gasteiger partial charge in [0.1, 0.15) is 5.75 Å². The van der Waals surface area contributed by atoms with E-state index >= 15 is 0 Å². The van der Waals surface area contributed by atoms with Crippen LogP contribution in [0.3, 0.4) is 0 Å². The van der Waals surface area contributed by atoms with E-state index in [1.165, 1.54) is 0 Å². The number of hydrogen-bond donors (Lipinski definition) is 1. The lowest BCUT2D eigenvalue weighted by Crippen LogP contribution is -2.19. The number of halogens is 6. The maximum Gasteiger partial charge on any atom is 0.574 e. The second-order valence-electron chi connectivity index (χ2n) is 2.82. The van der Waals surface area contributed by atoms with Gasteiger partial charge in [-0.1, -0.05) is 15.9 Å². The van der Waals surface area contributed by atoms with E-state index in [1.807, 2.05) is 0 Å². The third kappa shape index (κ3) is 3.42. The maximum absolute atomic E-state index is 12.5. The minimum atomic E-state index is -5.04. The summed E-state index contributed by atoms with van der Waals surface area (Å²) >= 11 is 2.74. The standard InChI is InChI=1S/C8H5BrF5NO2/c9-1-3-5(6(10)11)4(16)2-15-7(3)17-8(12,13)14/h2,6,16H,1H2. The van der Waals surface area contributed by atoms with Crippen molar-refractivity contribution in [3.63, 3.8) is 0 Å². The van der Waals surface area contributed by atoms with Crippen molar-refractivity contribution in [3.05, 3.63) is 17.3 Å². The molecule has 9 heteroatoms. The van der Waals surface area contributed by atoms with Gasteiger partial charge in [0.05, 0.1) is 11.8 Å². The van der Waals surface area contributed by atoms with E-state index in [0.29, 0.717) is 6.20 Å². The van der Waals surface area contributed by atoms with Crippen LogP contribution >= 0.6 is 15.9 Å². The van der Waals surface area contributed by atoms with Crippen molar-refractivity contribution in [2.45, 2.75) is 18.1 Å². The predicted octanol–water partition coefficient (Wildman–Crippen LogP) is 3.52. The molecule has 0 amide bonds. The molecule has 0 fully saturated rings. The number of nitrogens with zero attached hydrogens (tertiary/aromatic N) is 1. The lowest BCUT2D eigenvalue weighted by molar-refractivity contribution is -0.276. The average molecular weight is 322 g/mol. The van der Waals surface area contributed by atoms with Crippen LogP contribution in [-0.2, 0) is 5.33 Å². The minimum absolute atomic E-state index is 0.362. The number of ether oxygens (including phenoxy) is 1. The molecule has 0 aromatic carbocycles. The highest BCUT2D eigenvalue weighted by Gasteiger charge is 2.34. The molecule has 0 atom stereocenters. The van der Waals surface area contributed by atoms with E-state index in [4.69, 9.17) is 5.11 Å². The van der Waals surface area contributed by atoms with Crippen molar-refractivity contribution < 1.29 is 31.8 Å². The highest BCUT2D eigenvalue weighted by atomic mass is 79.9. The van der Waals surface area contributed by atoms with Crippen LogP contribution in [0.5, 0.6) is 11.6 Å². The van der Waals surface area contributed by atoms with Gasteiger partial charge in [0.2, 0.25) is 5.88 Å². The van der Waals surface area contributed by atoms with Gasteiger partial charge in [0, 0.05) is 10.9 Å². The fraction of sp³-hybridized carbons (Fsp3) is 0.375. The Morgan fingerprint density at radius 3 is 2.41 bits per heavy atom. The molecule has 0 aliphatic rings. The van der Waals surface area contributed by atoms with Crippen molar-refractivity contribution in [1.82, 2.24) is 4.98 Å². The summed E-state index contributed by atoms with van der Waals surface area (Å²) < 4.78 is 64.5. The molecular formula is C8H5BrF5NO2. The van der Waals surface area contributed by atoms with Gasteiger partial charge in [0.25, 0.3) is 6.43 Å². The van der Waals surface area contributed by atoms with E-state index in [-0.39, 0.29) is 5.33 Å². The first kappa shape index (κ1) is 13.9. The van der Waals surface area contributed by atoms with E-state index in [1.54, 1.807) is 0 Å². The van der Waals surface area contributed by atoms with Gasteiger partial charge in [-0.05, 0) is 0 Å². The number of aromatic hydroxyl groups is 1. The summed E-state index contributed by atoms with van der Waals surface area (Å²) in [5.74, 6) is -1.90. The molecule has 0 bridgehead atoms. The summed E-state index contributed by atoms with van der Waals surface area (Å²) in [4.78, 5) is 3.12. The summed E-state index contributed by atoms with van der Waals surface area (Å²) in [7, 11) is 0. The van der Waals surface area contributed by atoms with E-state index < -0.39 is 35.5 Å². The monoisotopic (exact) mass is 321 g/mol. The molecule has 0 radical (unpaired) electrons. The molecule has 96 valence electrons. The van der Waals surface area contributed by atoms with Gasteiger partial charge in [-0.3, -0.25) is 0 Å². The Hall–Kier alpha value is -1.12. The van der Waals surface area contributed by atoms with E-state index in [9.17, 15) is 22.0 Å². The first-order valence-electron chi connectivity index (χ1n) is 4.07. The van der Waals surface area contributed by atoms with Gasteiger partial charge in [-0.15, -0.1) is 13.2 Å². The second-order valence-corrected chi connectivity index (χ2v) is 3.38. The summed E-state index contributed by atoms with van der Waals surface area (Å²) in [6.07, 6.45) is -7.70. The zero-order chi connectivity index (χ0) is 13.2. The Bertz CT molecular complexity index is 410. The highest BCUT2D eigenvalue weighted by Crippen LogP contribution is 2.37. The van der Waals surface area contributed by atoms with Crippen molar-refractivity contribution in [2.75, 3.05) is 0 Å². The summed E-state index contributed by atoms with van der Waals surface area (Å²) in [6, 6.07) is 0. The van der Waals surface area contributed by atoms with E-state index in [0.717, 1.165) is 0 Å². The smallest absolute Gasteiger partial charge is 0.506 e. The third-order valence-corrected chi connectivity index (χ3v) is 2.29. The quantitative estimate of drug-likeness (QED) is 0.684. The molecule has 0 spiro atoms. The molecular weight excluding hydrogens is 317 g/mol. The summed E-state index contributed by atoms with van der Waals surface area (Å²) in [5, 5.41) is 8.75. The predicted molar refractivity (Wildman–Crippen MR) is 50.2 cm³/mol. The van der Waals surface area contributed by atoms with E-state index in [2.05, 4.69) is 25.7 Å². The average Bonchev–Trinajstić information content (AvgIpc) is 2.17. The van der Waals surface area contributed by atoms with Crippen molar-refractivity contribution >= 4 is 15.9 Å². The van der Waals surface area contributed by atoms with Crippen LogP contribution in [0.2, 0.25) is 0 Å². The molecule has 1 aromatic rings. The number of hydrogen-bond acceptors (Lipinski definition) is 3. The van der Waals surface area contributed by atoms with Gasteiger partial charge >= 0.3 is 6.36 Å². The van der Waals surface area contributed by atoms with Crippen LogP contribution in [0.1, 0.15) is 17.6 Å².